The highest BCUT2D eigenvalue weighted by molar-refractivity contribution is 5.89. The summed E-state index contributed by atoms with van der Waals surface area (Å²) in [6, 6.07) is 0. The first-order chi connectivity index (χ1) is 12.1. The SMILES string of the molecule is CC(=O)O[C@H]1C[C@@H]2C(C)(C)CCC[C@@]2(C)[C@@H]2CC(=O)[C@]3(CO)C=C[C@]12C3. The van der Waals surface area contributed by atoms with Gasteiger partial charge < -0.3 is 9.84 Å². The second-order valence-electron chi connectivity index (χ2n) is 10.4. The summed E-state index contributed by atoms with van der Waals surface area (Å²) in [6.45, 7) is 8.39. The molecule has 3 fully saturated rings. The Labute approximate surface area is 156 Å². The number of rotatable bonds is 2. The van der Waals surface area contributed by atoms with E-state index >= 15 is 0 Å². The van der Waals surface area contributed by atoms with Crippen LogP contribution in [0.15, 0.2) is 12.2 Å². The summed E-state index contributed by atoms with van der Waals surface area (Å²) in [4.78, 5) is 25.0. The molecule has 0 aromatic heterocycles. The number of hydrogen-bond donors (Lipinski definition) is 1. The first kappa shape index (κ1) is 18.2. The number of carbonyl (C=O) groups excluding carboxylic acids is 2. The lowest BCUT2D eigenvalue weighted by molar-refractivity contribution is -0.207. The van der Waals surface area contributed by atoms with Gasteiger partial charge in [-0.15, -0.1) is 0 Å². The van der Waals surface area contributed by atoms with Crippen LogP contribution in [0.5, 0.6) is 0 Å². The van der Waals surface area contributed by atoms with E-state index in [2.05, 4.69) is 26.8 Å². The molecule has 26 heavy (non-hydrogen) atoms. The highest BCUT2D eigenvalue weighted by Crippen LogP contribution is 2.71. The van der Waals surface area contributed by atoms with E-state index in [1.54, 1.807) is 0 Å². The molecule has 4 heteroatoms. The summed E-state index contributed by atoms with van der Waals surface area (Å²) in [7, 11) is 0. The van der Waals surface area contributed by atoms with Gasteiger partial charge in [-0.05, 0) is 48.3 Å². The Bertz CT molecular complexity index is 680. The molecule has 0 saturated heterocycles. The molecule has 0 aromatic rings. The molecule has 4 nitrogen and oxygen atoms in total. The number of ether oxygens (including phenoxy) is 1. The molecule has 0 heterocycles. The number of carbonyl (C=O) groups is 2. The summed E-state index contributed by atoms with van der Waals surface area (Å²) in [5.74, 6) is 0.545. The van der Waals surface area contributed by atoms with E-state index in [4.69, 9.17) is 4.74 Å². The van der Waals surface area contributed by atoms with Crippen molar-refractivity contribution >= 4 is 11.8 Å². The lowest BCUT2D eigenvalue weighted by Crippen LogP contribution is -2.64. The number of Topliss-reactive ketones (excluding diaryl/α,β-unsaturated/α-hetero) is 1. The van der Waals surface area contributed by atoms with Gasteiger partial charge in [-0.1, -0.05) is 39.3 Å². The van der Waals surface area contributed by atoms with Crippen molar-refractivity contribution in [2.75, 3.05) is 6.61 Å². The number of esters is 1. The fourth-order valence-corrected chi connectivity index (χ4v) is 7.44. The Morgan fingerprint density at radius 3 is 2.62 bits per heavy atom. The second kappa shape index (κ2) is 5.43. The average Bonchev–Trinajstić information content (AvgIpc) is 2.89. The van der Waals surface area contributed by atoms with E-state index in [1.165, 1.54) is 19.8 Å². The molecular weight excluding hydrogens is 328 g/mol. The standard InChI is InChI=1S/C22H32O4/c1-14(24)26-18-11-15-19(2,3)6-5-7-20(15,4)16-10-17(25)21(13-23)8-9-22(16,18)12-21/h8-9,15-16,18,23H,5-7,10-13H2,1-4H3/t15-,16+,18+,20-,21-,22-/m1/s1. The molecule has 0 amide bonds. The monoisotopic (exact) mass is 360 g/mol. The molecule has 6 atom stereocenters. The maximum Gasteiger partial charge on any atom is 0.302 e. The normalized spacial score (nSPS) is 48.7. The summed E-state index contributed by atoms with van der Waals surface area (Å²) < 4.78 is 5.91. The molecule has 2 bridgehead atoms. The summed E-state index contributed by atoms with van der Waals surface area (Å²) >= 11 is 0. The molecule has 3 saturated carbocycles. The topological polar surface area (TPSA) is 63.6 Å². The first-order valence-corrected chi connectivity index (χ1v) is 10.1. The van der Waals surface area contributed by atoms with Crippen molar-refractivity contribution in [1.29, 1.82) is 0 Å². The third-order valence-electron chi connectivity index (χ3n) is 8.64. The molecule has 0 radical (unpaired) electrons. The minimum absolute atomic E-state index is 0.0738. The van der Waals surface area contributed by atoms with Crippen LogP contribution in [0.2, 0.25) is 0 Å². The van der Waals surface area contributed by atoms with E-state index < -0.39 is 5.41 Å². The Hall–Kier alpha value is -1.16. The largest absolute Gasteiger partial charge is 0.462 e. The molecule has 4 aliphatic carbocycles. The molecule has 0 aromatic carbocycles. The van der Waals surface area contributed by atoms with Gasteiger partial charge in [0.2, 0.25) is 0 Å². The van der Waals surface area contributed by atoms with Gasteiger partial charge in [-0.25, -0.2) is 0 Å². The van der Waals surface area contributed by atoms with Crippen LogP contribution in [0.4, 0.5) is 0 Å². The minimum atomic E-state index is -0.762. The lowest BCUT2D eigenvalue weighted by atomic mass is 9.39. The van der Waals surface area contributed by atoms with Crippen LogP contribution in [-0.4, -0.2) is 29.6 Å². The molecule has 144 valence electrons. The van der Waals surface area contributed by atoms with Gasteiger partial charge in [0.25, 0.3) is 0 Å². The number of fused-ring (bicyclic) bond motifs is 3. The van der Waals surface area contributed by atoms with Crippen molar-refractivity contribution < 1.29 is 19.4 Å². The van der Waals surface area contributed by atoms with Crippen LogP contribution in [0, 0.1) is 33.5 Å². The van der Waals surface area contributed by atoms with E-state index in [1.807, 2.05) is 6.08 Å². The average molecular weight is 360 g/mol. The Balaban J connectivity index is 1.84. The van der Waals surface area contributed by atoms with Crippen molar-refractivity contribution in [3.8, 4) is 0 Å². The van der Waals surface area contributed by atoms with Gasteiger partial charge in [0.1, 0.15) is 11.9 Å². The zero-order valence-corrected chi connectivity index (χ0v) is 16.5. The van der Waals surface area contributed by atoms with Crippen LogP contribution in [0.1, 0.15) is 66.2 Å². The Morgan fingerprint density at radius 1 is 1.23 bits per heavy atom. The molecular formula is C22H32O4. The zero-order chi connectivity index (χ0) is 19.0. The Kier molecular flexibility index (Phi) is 3.81. The second-order valence-corrected chi connectivity index (χ2v) is 10.4. The van der Waals surface area contributed by atoms with Crippen LogP contribution in [0.3, 0.4) is 0 Å². The highest BCUT2D eigenvalue weighted by Gasteiger charge is 2.69. The summed E-state index contributed by atoms with van der Waals surface area (Å²) in [6.07, 6.45) is 9.34. The zero-order valence-electron chi connectivity index (χ0n) is 16.5. The van der Waals surface area contributed by atoms with E-state index in [0.29, 0.717) is 18.8 Å². The van der Waals surface area contributed by atoms with Gasteiger partial charge in [0, 0.05) is 18.8 Å². The third-order valence-corrected chi connectivity index (χ3v) is 8.64. The van der Waals surface area contributed by atoms with Crippen molar-refractivity contribution in [2.45, 2.75) is 72.3 Å². The van der Waals surface area contributed by atoms with Crippen LogP contribution >= 0.6 is 0 Å². The summed E-state index contributed by atoms with van der Waals surface area (Å²) in [5.41, 5.74) is -0.808. The molecule has 1 spiro atoms. The van der Waals surface area contributed by atoms with Crippen LogP contribution in [0.25, 0.3) is 0 Å². The summed E-state index contributed by atoms with van der Waals surface area (Å²) in [5, 5.41) is 9.99. The minimum Gasteiger partial charge on any atom is -0.462 e. The molecule has 4 aliphatic rings. The maximum atomic E-state index is 13.0. The van der Waals surface area contributed by atoms with Gasteiger partial charge in [0.15, 0.2) is 0 Å². The first-order valence-electron chi connectivity index (χ1n) is 10.1. The highest BCUT2D eigenvalue weighted by atomic mass is 16.5. The number of aliphatic hydroxyl groups is 1. The molecule has 4 rings (SSSR count). The van der Waals surface area contributed by atoms with Crippen molar-refractivity contribution in [3.05, 3.63) is 12.2 Å². The van der Waals surface area contributed by atoms with E-state index in [9.17, 15) is 14.7 Å². The fraction of sp³-hybridized carbons (Fsp3) is 0.818. The number of hydrogen-bond acceptors (Lipinski definition) is 4. The third kappa shape index (κ3) is 2.17. The predicted molar refractivity (Wildman–Crippen MR) is 98.2 cm³/mol. The van der Waals surface area contributed by atoms with E-state index in [-0.39, 0.29) is 46.6 Å². The van der Waals surface area contributed by atoms with Crippen molar-refractivity contribution in [1.82, 2.24) is 0 Å². The van der Waals surface area contributed by atoms with E-state index in [0.717, 1.165) is 12.8 Å². The fourth-order valence-electron chi connectivity index (χ4n) is 7.44. The number of ketones is 1. The van der Waals surface area contributed by atoms with Crippen LogP contribution in [-0.2, 0) is 14.3 Å². The molecule has 0 unspecified atom stereocenters. The maximum absolute atomic E-state index is 13.0. The quantitative estimate of drug-likeness (QED) is 0.603. The molecule has 1 N–H and O–H groups in total. The molecule has 0 aliphatic heterocycles. The van der Waals surface area contributed by atoms with Crippen LogP contribution < -0.4 is 0 Å². The van der Waals surface area contributed by atoms with Gasteiger partial charge in [0.05, 0.1) is 12.0 Å². The predicted octanol–water partition coefficient (Wildman–Crippen LogP) is 3.67. The van der Waals surface area contributed by atoms with Crippen molar-refractivity contribution in [2.24, 2.45) is 33.5 Å². The van der Waals surface area contributed by atoms with Crippen molar-refractivity contribution in [3.63, 3.8) is 0 Å². The van der Waals surface area contributed by atoms with Gasteiger partial charge >= 0.3 is 5.97 Å². The number of aliphatic hydroxyl groups excluding tert-OH is 1. The smallest absolute Gasteiger partial charge is 0.302 e. The Morgan fingerprint density at radius 2 is 1.96 bits per heavy atom. The lowest BCUT2D eigenvalue weighted by Gasteiger charge is -2.65. The van der Waals surface area contributed by atoms with Gasteiger partial charge in [-0.2, -0.15) is 0 Å². The van der Waals surface area contributed by atoms with Gasteiger partial charge in [-0.3, -0.25) is 9.59 Å².